The van der Waals surface area contributed by atoms with E-state index >= 15 is 0 Å². The molecule has 0 aliphatic heterocycles. The fourth-order valence-electron chi connectivity index (χ4n) is 3.68. The van der Waals surface area contributed by atoms with Crippen molar-refractivity contribution in [2.75, 3.05) is 13.2 Å². The van der Waals surface area contributed by atoms with Gasteiger partial charge in [0, 0.05) is 11.7 Å². The van der Waals surface area contributed by atoms with Crippen LogP contribution in [0.3, 0.4) is 0 Å². The number of carbonyl (C=O) groups excluding carboxylic acids is 1. The van der Waals surface area contributed by atoms with E-state index in [0.717, 1.165) is 0 Å². The quantitative estimate of drug-likeness (QED) is 0.285. The summed E-state index contributed by atoms with van der Waals surface area (Å²) in [6.07, 6.45) is -0.473. The van der Waals surface area contributed by atoms with Gasteiger partial charge in [-0.1, -0.05) is 23.7 Å². The van der Waals surface area contributed by atoms with E-state index in [-0.39, 0.29) is 19.0 Å². The van der Waals surface area contributed by atoms with E-state index in [9.17, 15) is 14.3 Å². The first kappa shape index (κ1) is 25.8. The highest BCUT2D eigenvalue weighted by Gasteiger charge is 2.50. The van der Waals surface area contributed by atoms with Gasteiger partial charge in [0.25, 0.3) is 5.79 Å². The van der Waals surface area contributed by atoms with Crippen molar-refractivity contribution < 1.29 is 28.3 Å². The van der Waals surface area contributed by atoms with Gasteiger partial charge in [-0.05, 0) is 71.0 Å². The zero-order chi connectivity index (χ0) is 25.1. The molecular formula is C25H30ClFN3O4+. The molecule has 1 unspecified atom stereocenters. The number of halogens is 2. The predicted molar refractivity (Wildman–Crippen MR) is 126 cm³/mol. The second kappa shape index (κ2) is 10.2. The number of ether oxygens (including phenoxy) is 2. The first-order valence-corrected chi connectivity index (χ1v) is 11.5. The molecule has 0 amide bonds. The number of aliphatic hydroxyl groups is 1. The minimum Gasteiger partial charge on any atom is -0.466 e. The second-order valence-electron chi connectivity index (χ2n) is 8.72. The number of nitrogens with zero attached hydrogens (tertiary/aromatic N) is 3. The van der Waals surface area contributed by atoms with Gasteiger partial charge in [-0.2, -0.15) is 4.57 Å². The third kappa shape index (κ3) is 5.29. The zero-order valence-electron chi connectivity index (χ0n) is 20.0. The lowest BCUT2D eigenvalue weighted by atomic mass is 10.1. The van der Waals surface area contributed by atoms with Crippen LogP contribution in [0.25, 0.3) is 17.1 Å². The number of hydrogen-bond donors (Lipinski definition) is 1. The summed E-state index contributed by atoms with van der Waals surface area (Å²) in [6.45, 7) is 9.39. The average molecular weight is 491 g/mol. The van der Waals surface area contributed by atoms with Crippen LogP contribution in [0.4, 0.5) is 4.39 Å². The van der Waals surface area contributed by atoms with E-state index < -0.39 is 29.5 Å². The molecule has 3 rings (SSSR count). The van der Waals surface area contributed by atoms with Crippen LogP contribution in [-0.4, -0.2) is 34.1 Å². The van der Waals surface area contributed by atoms with Crippen molar-refractivity contribution in [1.82, 2.24) is 9.78 Å². The lowest BCUT2D eigenvalue weighted by Crippen LogP contribution is -2.50. The Hall–Kier alpha value is -2.81. The Balaban J connectivity index is 2.44. The molecule has 0 saturated carbocycles. The molecule has 0 spiro atoms. The fraction of sp³-hybridized carbons (Fsp3) is 0.400. The second-order valence-corrected chi connectivity index (χ2v) is 9.13. The Labute approximate surface area is 203 Å². The van der Waals surface area contributed by atoms with E-state index in [2.05, 4.69) is 0 Å². The van der Waals surface area contributed by atoms with E-state index in [1.807, 2.05) is 26.8 Å². The maximum atomic E-state index is 13.8. The van der Waals surface area contributed by atoms with Crippen molar-refractivity contribution in [2.24, 2.45) is 0 Å². The molecular weight excluding hydrogens is 461 g/mol. The van der Waals surface area contributed by atoms with Crippen molar-refractivity contribution >= 4 is 17.6 Å². The highest BCUT2D eigenvalue weighted by molar-refractivity contribution is 6.33. The summed E-state index contributed by atoms with van der Waals surface area (Å²) in [6, 6.07) is 12.9. The largest absolute Gasteiger partial charge is 0.466 e. The summed E-state index contributed by atoms with van der Waals surface area (Å²) >= 11 is 6.53. The van der Waals surface area contributed by atoms with Crippen molar-refractivity contribution in [3.63, 3.8) is 0 Å². The summed E-state index contributed by atoms with van der Waals surface area (Å²) in [5.41, 5.74) is 0.452. The van der Waals surface area contributed by atoms with Crippen LogP contribution in [0.15, 0.2) is 48.5 Å². The maximum absolute atomic E-state index is 13.8. The monoisotopic (exact) mass is 490 g/mol. The molecule has 0 fully saturated rings. The number of esters is 1. The van der Waals surface area contributed by atoms with Gasteiger partial charge in [-0.15, -0.1) is 4.68 Å². The summed E-state index contributed by atoms with van der Waals surface area (Å²) in [7, 11) is 0. The fourth-order valence-corrected chi connectivity index (χ4v) is 3.90. The van der Waals surface area contributed by atoms with E-state index in [1.165, 1.54) is 12.1 Å². The molecule has 182 valence electrons. The Kier molecular flexibility index (Phi) is 7.75. The van der Waals surface area contributed by atoms with Crippen molar-refractivity contribution in [3.8, 4) is 17.1 Å². The Morgan fingerprint density at radius 3 is 2.32 bits per heavy atom. The van der Waals surface area contributed by atoms with Crippen LogP contribution in [-0.2, 0) is 25.6 Å². The molecule has 0 aliphatic rings. The maximum Gasteiger partial charge on any atom is 0.315 e. The molecule has 0 saturated heterocycles. The van der Waals surface area contributed by atoms with Crippen molar-refractivity contribution in [2.45, 2.75) is 52.4 Å². The van der Waals surface area contributed by atoms with E-state index in [0.29, 0.717) is 22.1 Å². The zero-order valence-corrected chi connectivity index (χ0v) is 20.8. The lowest BCUT2D eigenvalue weighted by molar-refractivity contribution is -0.611. The molecule has 0 bridgehead atoms. The van der Waals surface area contributed by atoms with Crippen LogP contribution in [0.5, 0.6) is 0 Å². The molecule has 3 aromatic rings. The molecule has 0 aliphatic carbocycles. The van der Waals surface area contributed by atoms with Gasteiger partial charge in [0.1, 0.15) is 23.5 Å². The normalized spacial score (nSPS) is 13.5. The summed E-state index contributed by atoms with van der Waals surface area (Å²) in [5.74, 6) is -2.58. The van der Waals surface area contributed by atoms with Crippen LogP contribution in [0, 0.1) is 5.82 Å². The van der Waals surface area contributed by atoms with Gasteiger partial charge in [-0.25, -0.2) is 4.39 Å². The molecule has 0 radical (unpaired) electrons. The van der Waals surface area contributed by atoms with Gasteiger partial charge in [0.15, 0.2) is 0 Å². The molecule has 9 heteroatoms. The standard InChI is InChI=1S/C25H30ClFN3O4/c1-6-33-21(31)16-25(32,34-7-2)23-29(18-14-12-17(27)13-15-18)22(28-30(23)24(3,4)5)19-10-8-9-11-20(19)26/h8-15,32H,6-7,16H2,1-5H3/q+1. The number of aromatic nitrogens is 3. The van der Waals surface area contributed by atoms with Crippen LogP contribution in [0.2, 0.25) is 5.02 Å². The van der Waals surface area contributed by atoms with Gasteiger partial charge in [0.2, 0.25) is 0 Å². The first-order valence-electron chi connectivity index (χ1n) is 11.1. The van der Waals surface area contributed by atoms with Gasteiger partial charge >= 0.3 is 17.6 Å². The minimum absolute atomic E-state index is 0.107. The summed E-state index contributed by atoms with van der Waals surface area (Å²) < 4.78 is 28.0. The Morgan fingerprint density at radius 2 is 1.76 bits per heavy atom. The highest BCUT2D eigenvalue weighted by Crippen LogP contribution is 2.33. The molecule has 1 N–H and O–H groups in total. The number of hydrogen-bond acceptors (Lipinski definition) is 5. The number of rotatable bonds is 8. The van der Waals surface area contributed by atoms with Crippen molar-refractivity contribution in [1.29, 1.82) is 0 Å². The predicted octanol–water partition coefficient (Wildman–Crippen LogP) is 4.51. The van der Waals surface area contributed by atoms with Crippen LogP contribution < -0.4 is 4.57 Å². The van der Waals surface area contributed by atoms with Crippen LogP contribution >= 0.6 is 11.6 Å². The van der Waals surface area contributed by atoms with Crippen LogP contribution in [0.1, 0.15) is 46.9 Å². The molecule has 2 aromatic carbocycles. The smallest absolute Gasteiger partial charge is 0.315 e. The van der Waals surface area contributed by atoms with Gasteiger partial charge < -0.3 is 14.6 Å². The molecule has 1 atom stereocenters. The first-order chi connectivity index (χ1) is 16.0. The number of benzene rings is 2. The average Bonchev–Trinajstić information content (AvgIpc) is 3.17. The third-order valence-corrected chi connectivity index (χ3v) is 5.41. The van der Waals surface area contributed by atoms with E-state index in [1.54, 1.807) is 53.4 Å². The molecule has 34 heavy (non-hydrogen) atoms. The topological polar surface area (TPSA) is 77.5 Å². The lowest BCUT2D eigenvalue weighted by Gasteiger charge is -2.27. The SMILES string of the molecule is CCOC(=O)CC(O)(OCC)c1n(C(C)(C)C)nc(-c2ccccc2Cl)[n+]1-c1ccc(F)cc1. The number of carbonyl (C=O) groups is 1. The van der Waals surface area contributed by atoms with Gasteiger partial charge in [-0.3, -0.25) is 4.79 Å². The highest BCUT2D eigenvalue weighted by atomic mass is 35.5. The minimum atomic E-state index is -2.10. The molecule has 1 heterocycles. The summed E-state index contributed by atoms with van der Waals surface area (Å²) in [4.78, 5) is 12.5. The summed E-state index contributed by atoms with van der Waals surface area (Å²) in [5, 5.41) is 17.1. The van der Waals surface area contributed by atoms with Crippen molar-refractivity contribution in [3.05, 3.63) is 65.2 Å². The van der Waals surface area contributed by atoms with Gasteiger partial charge in [0.05, 0.1) is 17.2 Å². The molecule has 1 aromatic heterocycles. The third-order valence-electron chi connectivity index (χ3n) is 5.08. The molecule has 7 nitrogen and oxygen atoms in total. The van der Waals surface area contributed by atoms with E-state index in [4.69, 9.17) is 26.2 Å². The Bertz CT molecular complexity index is 1160. The Morgan fingerprint density at radius 1 is 1.12 bits per heavy atom.